The van der Waals surface area contributed by atoms with Crippen LogP contribution in [0.25, 0.3) is 0 Å². The second-order valence-electron chi connectivity index (χ2n) is 7.98. The molecule has 3 heterocycles. The minimum Gasteiger partial charge on any atom is -0.496 e. The molecule has 9 nitrogen and oxygen atoms in total. The highest BCUT2D eigenvalue weighted by molar-refractivity contribution is 7.89. The molecule has 1 atom stereocenters. The van der Waals surface area contributed by atoms with E-state index in [9.17, 15) is 13.2 Å². The van der Waals surface area contributed by atoms with E-state index >= 15 is 0 Å². The summed E-state index contributed by atoms with van der Waals surface area (Å²) in [5.41, 5.74) is 1.25. The van der Waals surface area contributed by atoms with Crippen LogP contribution in [0.4, 0.5) is 0 Å². The number of sulfonamides is 1. The molecule has 32 heavy (non-hydrogen) atoms. The van der Waals surface area contributed by atoms with E-state index in [1.165, 1.54) is 16.6 Å². The minimum absolute atomic E-state index is 0.0240. The van der Waals surface area contributed by atoms with Crippen molar-refractivity contribution in [3.8, 4) is 5.75 Å². The third kappa shape index (κ3) is 4.83. The number of para-hydroxylation sites is 1. The molecule has 1 aromatic heterocycles. The van der Waals surface area contributed by atoms with Crippen LogP contribution in [0.2, 0.25) is 0 Å². The fourth-order valence-corrected chi connectivity index (χ4v) is 5.71. The number of carbonyl (C=O) groups excluding carboxylic acids is 1. The fourth-order valence-electron chi connectivity index (χ4n) is 4.31. The molecule has 2 aliphatic heterocycles. The van der Waals surface area contributed by atoms with Crippen LogP contribution in [0, 0.1) is 0 Å². The van der Waals surface area contributed by atoms with Gasteiger partial charge in [-0.3, -0.25) is 9.69 Å². The zero-order valence-electron chi connectivity index (χ0n) is 18.2. The monoisotopic (exact) mass is 462 g/mol. The van der Waals surface area contributed by atoms with Crippen molar-refractivity contribution in [1.82, 2.24) is 19.5 Å². The van der Waals surface area contributed by atoms with Crippen LogP contribution in [0.3, 0.4) is 0 Å². The Labute approximate surface area is 188 Å². The van der Waals surface area contributed by atoms with Crippen molar-refractivity contribution in [2.45, 2.75) is 23.8 Å². The van der Waals surface area contributed by atoms with Gasteiger partial charge in [0.05, 0.1) is 26.4 Å². The predicted molar refractivity (Wildman–Crippen MR) is 119 cm³/mol. The summed E-state index contributed by atoms with van der Waals surface area (Å²) in [5.74, 6) is 0.449. The van der Waals surface area contributed by atoms with Crippen LogP contribution >= 0.6 is 0 Å². The number of aromatic amines is 1. The average molecular weight is 463 g/mol. The molecule has 4 rings (SSSR count). The van der Waals surface area contributed by atoms with Crippen LogP contribution in [-0.2, 0) is 14.8 Å². The van der Waals surface area contributed by atoms with Crippen molar-refractivity contribution in [1.29, 1.82) is 0 Å². The highest BCUT2D eigenvalue weighted by Crippen LogP contribution is 2.31. The van der Waals surface area contributed by atoms with Crippen molar-refractivity contribution in [3.05, 3.63) is 47.8 Å². The molecule has 2 fully saturated rings. The first-order valence-corrected chi connectivity index (χ1v) is 12.4. The third-order valence-corrected chi connectivity index (χ3v) is 7.92. The second-order valence-corrected chi connectivity index (χ2v) is 9.91. The Balaban J connectivity index is 1.47. The predicted octanol–water partition coefficient (Wildman–Crippen LogP) is 1.61. The number of hydrogen-bond donors (Lipinski definition) is 2. The number of benzene rings is 1. The molecule has 174 valence electrons. The van der Waals surface area contributed by atoms with Gasteiger partial charge >= 0.3 is 0 Å². The van der Waals surface area contributed by atoms with Gasteiger partial charge in [0.2, 0.25) is 10.0 Å². The SMILES string of the molecule is COc1ccccc1[C@H](CNC(=O)c1cc(S(=O)(=O)N2CCOCC2)c[nH]1)N1CCCC1. The average Bonchev–Trinajstić information content (AvgIpc) is 3.53. The number of ether oxygens (including phenoxy) is 2. The molecule has 0 saturated carbocycles. The van der Waals surface area contributed by atoms with E-state index in [4.69, 9.17) is 9.47 Å². The van der Waals surface area contributed by atoms with E-state index in [-0.39, 0.29) is 22.5 Å². The molecule has 2 aromatic rings. The second kappa shape index (κ2) is 10.0. The number of aromatic nitrogens is 1. The first-order chi connectivity index (χ1) is 15.5. The summed E-state index contributed by atoms with van der Waals surface area (Å²) in [7, 11) is -2.01. The molecule has 10 heteroatoms. The summed E-state index contributed by atoms with van der Waals surface area (Å²) in [6.07, 6.45) is 3.62. The maximum absolute atomic E-state index is 12.8. The van der Waals surface area contributed by atoms with E-state index in [0.717, 1.165) is 37.2 Å². The van der Waals surface area contributed by atoms with Gasteiger partial charge in [-0.15, -0.1) is 0 Å². The summed E-state index contributed by atoms with van der Waals surface area (Å²) in [6, 6.07) is 9.22. The summed E-state index contributed by atoms with van der Waals surface area (Å²) >= 11 is 0. The van der Waals surface area contributed by atoms with E-state index in [1.807, 2.05) is 24.3 Å². The largest absolute Gasteiger partial charge is 0.496 e. The molecule has 2 saturated heterocycles. The van der Waals surface area contributed by atoms with Gasteiger partial charge in [0.1, 0.15) is 16.3 Å². The molecule has 0 unspecified atom stereocenters. The van der Waals surface area contributed by atoms with Crippen LogP contribution in [0.15, 0.2) is 41.4 Å². The topological polar surface area (TPSA) is 104 Å². The highest BCUT2D eigenvalue weighted by atomic mass is 32.2. The molecule has 2 N–H and O–H groups in total. The first-order valence-electron chi connectivity index (χ1n) is 10.9. The normalized spacial score (nSPS) is 19.0. The molecule has 0 bridgehead atoms. The Kier molecular flexibility index (Phi) is 7.14. The van der Waals surface area contributed by atoms with Crippen molar-refractivity contribution in [2.75, 3.05) is 53.0 Å². The molecule has 0 radical (unpaired) electrons. The van der Waals surface area contributed by atoms with Crippen LogP contribution < -0.4 is 10.1 Å². The van der Waals surface area contributed by atoms with Crippen LogP contribution in [-0.4, -0.2) is 81.6 Å². The number of methoxy groups -OCH3 is 1. The molecule has 1 aromatic carbocycles. The molecule has 2 aliphatic rings. The number of hydrogen-bond acceptors (Lipinski definition) is 6. The Hall–Kier alpha value is -2.40. The van der Waals surface area contributed by atoms with Crippen molar-refractivity contribution in [3.63, 3.8) is 0 Å². The van der Waals surface area contributed by atoms with Crippen molar-refractivity contribution >= 4 is 15.9 Å². The van der Waals surface area contributed by atoms with E-state index in [0.29, 0.717) is 32.8 Å². The molecule has 0 aliphatic carbocycles. The van der Waals surface area contributed by atoms with Gasteiger partial charge in [0, 0.05) is 31.4 Å². The Morgan fingerprint density at radius 2 is 1.91 bits per heavy atom. The molecular weight excluding hydrogens is 432 g/mol. The van der Waals surface area contributed by atoms with Crippen molar-refractivity contribution in [2.24, 2.45) is 0 Å². The minimum atomic E-state index is -3.65. The number of morpholine rings is 1. The summed E-state index contributed by atoms with van der Waals surface area (Å²) in [5, 5.41) is 2.97. The molecule has 0 spiro atoms. The number of nitrogens with zero attached hydrogens (tertiary/aromatic N) is 2. The quantitative estimate of drug-likeness (QED) is 0.618. The molecular formula is C22H30N4O5S. The molecule has 1 amide bonds. The lowest BCUT2D eigenvalue weighted by Gasteiger charge is -2.29. The smallest absolute Gasteiger partial charge is 0.267 e. The maximum atomic E-state index is 12.8. The third-order valence-electron chi connectivity index (χ3n) is 6.04. The van der Waals surface area contributed by atoms with Gasteiger partial charge in [-0.1, -0.05) is 18.2 Å². The van der Waals surface area contributed by atoms with Crippen molar-refractivity contribution < 1.29 is 22.7 Å². The number of likely N-dealkylation sites (tertiary alicyclic amines) is 1. The number of carbonyl (C=O) groups is 1. The van der Waals surface area contributed by atoms with Gasteiger partial charge in [-0.2, -0.15) is 4.31 Å². The fraction of sp³-hybridized carbons (Fsp3) is 0.500. The van der Waals surface area contributed by atoms with Gasteiger partial charge in [-0.05, 0) is 38.1 Å². The van der Waals surface area contributed by atoms with E-state index in [1.54, 1.807) is 7.11 Å². The summed E-state index contributed by atoms with van der Waals surface area (Å²) in [4.78, 5) is 18.1. The van der Waals surface area contributed by atoms with Gasteiger partial charge in [-0.25, -0.2) is 8.42 Å². The Morgan fingerprint density at radius 1 is 1.19 bits per heavy atom. The number of H-pyrrole nitrogens is 1. The summed E-state index contributed by atoms with van der Waals surface area (Å²) < 4.78 is 37.8. The van der Waals surface area contributed by atoms with Crippen LogP contribution in [0.1, 0.15) is 34.9 Å². The number of nitrogens with one attached hydrogen (secondary N) is 2. The lowest BCUT2D eigenvalue weighted by atomic mass is 10.0. The zero-order valence-corrected chi connectivity index (χ0v) is 19.1. The zero-order chi connectivity index (χ0) is 22.6. The Morgan fingerprint density at radius 3 is 2.62 bits per heavy atom. The lowest BCUT2D eigenvalue weighted by molar-refractivity contribution is 0.0730. The number of amides is 1. The van der Waals surface area contributed by atoms with Gasteiger partial charge < -0.3 is 19.8 Å². The van der Waals surface area contributed by atoms with E-state index in [2.05, 4.69) is 15.2 Å². The maximum Gasteiger partial charge on any atom is 0.267 e. The number of rotatable bonds is 8. The Bertz CT molecular complexity index is 1030. The lowest BCUT2D eigenvalue weighted by Crippen LogP contribution is -2.40. The highest BCUT2D eigenvalue weighted by Gasteiger charge is 2.29. The standard InChI is InChI=1S/C22H30N4O5S/c1-30-21-7-3-2-6-18(21)20(25-8-4-5-9-25)16-24-22(27)19-14-17(15-23-19)32(28,29)26-10-12-31-13-11-26/h2-3,6-7,14-15,20,23H,4-5,8-13,16H2,1H3,(H,24,27)/t20-/m0/s1. The van der Waals surface area contributed by atoms with Gasteiger partial charge in [0.15, 0.2) is 0 Å². The van der Waals surface area contributed by atoms with Gasteiger partial charge in [0.25, 0.3) is 5.91 Å². The van der Waals surface area contributed by atoms with Crippen LogP contribution in [0.5, 0.6) is 5.75 Å². The summed E-state index contributed by atoms with van der Waals surface area (Å²) in [6.45, 7) is 3.68. The first kappa shape index (κ1) is 22.8. The van der Waals surface area contributed by atoms with E-state index < -0.39 is 10.0 Å².